The van der Waals surface area contributed by atoms with Gasteiger partial charge in [0.15, 0.2) is 5.72 Å². The van der Waals surface area contributed by atoms with Crippen LogP contribution in [-0.4, -0.2) is 12.8 Å². The molecule has 1 aromatic heterocycles. The molecular weight excluding hydrogens is 266 g/mol. The zero-order valence-electron chi connectivity index (χ0n) is 10.3. The first-order valence-electron chi connectivity index (χ1n) is 5.85. The monoisotopic (exact) mass is 279 g/mol. The summed E-state index contributed by atoms with van der Waals surface area (Å²) in [6.07, 6.45) is 0.831. The van der Waals surface area contributed by atoms with Crippen LogP contribution in [0.2, 0.25) is 5.02 Å². The lowest BCUT2D eigenvalue weighted by molar-refractivity contribution is 0.0866. The van der Waals surface area contributed by atoms with Gasteiger partial charge >= 0.3 is 0 Å². The molecule has 0 bridgehead atoms. The molecule has 1 aliphatic rings. The van der Waals surface area contributed by atoms with Gasteiger partial charge in [-0.2, -0.15) is 0 Å². The van der Waals surface area contributed by atoms with E-state index in [4.69, 9.17) is 16.3 Å². The molecule has 1 atom stereocenters. The van der Waals surface area contributed by atoms with Crippen molar-refractivity contribution in [3.63, 3.8) is 0 Å². The lowest BCUT2D eigenvalue weighted by Gasteiger charge is -2.23. The Morgan fingerprint density at radius 2 is 2.28 bits per heavy atom. The first-order chi connectivity index (χ1) is 8.61. The number of nitrogens with one attached hydrogen (secondary N) is 1. The Morgan fingerprint density at radius 3 is 2.94 bits per heavy atom. The quantitative estimate of drug-likeness (QED) is 0.899. The predicted molar refractivity (Wildman–Crippen MR) is 76.6 cm³/mol. The topological polar surface area (TPSA) is 21.3 Å². The lowest BCUT2D eigenvalue weighted by Crippen LogP contribution is -2.44. The van der Waals surface area contributed by atoms with E-state index < -0.39 is 0 Å². The van der Waals surface area contributed by atoms with Crippen molar-refractivity contribution in [2.75, 3.05) is 7.05 Å². The lowest BCUT2D eigenvalue weighted by atomic mass is 10.0. The zero-order valence-corrected chi connectivity index (χ0v) is 11.9. The molecule has 0 fully saturated rings. The van der Waals surface area contributed by atoms with Crippen LogP contribution in [0.3, 0.4) is 0 Å². The molecule has 0 amide bonds. The molecule has 0 aliphatic carbocycles. The maximum atomic E-state index is 6.21. The minimum absolute atomic E-state index is 0.334. The highest BCUT2D eigenvalue weighted by Crippen LogP contribution is 2.44. The summed E-state index contributed by atoms with van der Waals surface area (Å²) in [5.41, 5.74) is 1.92. The number of fused-ring (bicyclic) bond motifs is 1. The number of halogens is 1. The van der Waals surface area contributed by atoms with Gasteiger partial charge in [0, 0.05) is 27.4 Å². The van der Waals surface area contributed by atoms with Gasteiger partial charge in [-0.3, -0.25) is 5.32 Å². The van der Waals surface area contributed by atoms with Crippen LogP contribution in [0.25, 0.3) is 10.4 Å². The van der Waals surface area contributed by atoms with Gasteiger partial charge in [0.2, 0.25) is 0 Å². The van der Waals surface area contributed by atoms with Crippen molar-refractivity contribution < 1.29 is 4.74 Å². The van der Waals surface area contributed by atoms with Crippen LogP contribution in [0.15, 0.2) is 29.6 Å². The van der Waals surface area contributed by atoms with Crippen molar-refractivity contribution in [1.82, 2.24) is 5.32 Å². The molecule has 1 aliphatic heterocycles. The average molecular weight is 280 g/mol. The van der Waals surface area contributed by atoms with Gasteiger partial charge in [-0.15, -0.1) is 11.3 Å². The van der Waals surface area contributed by atoms with Crippen molar-refractivity contribution in [1.29, 1.82) is 0 Å². The maximum absolute atomic E-state index is 6.21. The van der Waals surface area contributed by atoms with Crippen molar-refractivity contribution in [2.45, 2.75) is 19.1 Å². The summed E-state index contributed by atoms with van der Waals surface area (Å²) in [7, 11) is 1.91. The smallest absolute Gasteiger partial charge is 0.162 e. The highest BCUT2D eigenvalue weighted by Gasteiger charge is 2.35. The minimum Gasteiger partial charge on any atom is -0.472 e. The molecular formula is C14H14ClNOS. The molecule has 2 nitrogen and oxygen atoms in total. The fraction of sp³-hybridized carbons (Fsp3) is 0.286. The van der Waals surface area contributed by atoms with Crippen LogP contribution in [0.5, 0.6) is 5.75 Å². The van der Waals surface area contributed by atoms with Crippen molar-refractivity contribution in [3.05, 3.63) is 40.2 Å². The Hall–Kier alpha value is -1.03. The first kappa shape index (κ1) is 12.0. The van der Waals surface area contributed by atoms with Crippen LogP contribution in [-0.2, 0) is 6.42 Å². The summed E-state index contributed by atoms with van der Waals surface area (Å²) in [6.45, 7) is 2.05. The molecule has 3 rings (SSSR count). The average Bonchev–Trinajstić information content (AvgIpc) is 2.95. The fourth-order valence-electron chi connectivity index (χ4n) is 2.28. The molecule has 0 radical (unpaired) electrons. The van der Waals surface area contributed by atoms with Gasteiger partial charge in [-0.25, -0.2) is 0 Å². The summed E-state index contributed by atoms with van der Waals surface area (Å²) < 4.78 is 6.09. The zero-order chi connectivity index (χ0) is 12.8. The first-order valence-corrected chi connectivity index (χ1v) is 7.11. The normalized spacial score (nSPS) is 21.7. The largest absolute Gasteiger partial charge is 0.472 e. The van der Waals surface area contributed by atoms with E-state index in [0.29, 0.717) is 0 Å². The van der Waals surface area contributed by atoms with E-state index in [-0.39, 0.29) is 5.72 Å². The molecule has 2 aromatic rings. The van der Waals surface area contributed by atoms with Crippen LogP contribution in [0.1, 0.15) is 12.5 Å². The standard InChI is InChI=1S/C14H14ClNOS/c1-14(16-2)8-9-6-10(15)7-11(13(9)17-14)12-4-3-5-18-12/h3-7,16H,8H2,1-2H3. The highest BCUT2D eigenvalue weighted by atomic mass is 35.5. The number of hydrogen-bond acceptors (Lipinski definition) is 3. The van der Waals surface area contributed by atoms with Crippen LogP contribution in [0.4, 0.5) is 0 Å². The van der Waals surface area contributed by atoms with Gasteiger partial charge in [0.1, 0.15) is 5.75 Å². The van der Waals surface area contributed by atoms with Crippen LogP contribution < -0.4 is 10.1 Å². The minimum atomic E-state index is -0.334. The molecule has 0 saturated carbocycles. The third kappa shape index (κ3) is 1.92. The van der Waals surface area contributed by atoms with E-state index in [2.05, 4.69) is 23.7 Å². The van der Waals surface area contributed by atoms with Gasteiger partial charge in [0.05, 0.1) is 0 Å². The second kappa shape index (κ2) is 4.26. The van der Waals surface area contributed by atoms with Crippen molar-refractivity contribution >= 4 is 22.9 Å². The number of likely N-dealkylation sites (N-methyl/N-ethyl adjacent to an activating group) is 1. The molecule has 0 saturated heterocycles. The molecule has 1 unspecified atom stereocenters. The third-order valence-corrected chi connectivity index (χ3v) is 4.42. The second-order valence-corrected chi connectivity index (χ2v) is 6.06. The molecule has 1 N–H and O–H groups in total. The second-order valence-electron chi connectivity index (χ2n) is 4.68. The molecule has 0 spiro atoms. The SMILES string of the molecule is CNC1(C)Cc2cc(Cl)cc(-c3cccs3)c2O1. The molecule has 2 heterocycles. The van der Waals surface area contributed by atoms with Crippen LogP contribution in [0, 0.1) is 0 Å². The van der Waals surface area contributed by atoms with Gasteiger partial charge in [-0.05, 0) is 37.6 Å². The van der Waals surface area contributed by atoms with E-state index in [1.807, 2.05) is 25.2 Å². The summed E-state index contributed by atoms with van der Waals surface area (Å²) >= 11 is 7.91. The Bertz CT molecular complexity index is 582. The Kier molecular flexibility index (Phi) is 2.85. The van der Waals surface area contributed by atoms with E-state index in [0.717, 1.165) is 22.8 Å². The van der Waals surface area contributed by atoms with Gasteiger partial charge in [0.25, 0.3) is 0 Å². The number of hydrogen-bond donors (Lipinski definition) is 1. The number of ether oxygens (including phenoxy) is 1. The summed E-state index contributed by atoms with van der Waals surface area (Å²) in [5, 5.41) is 6.05. The van der Waals surface area contributed by atoms with E-state index >= 15 is 0 Å². The Labute approximate surface area is 116 Å². The summed E-state index contributed by atoms with van der Waals surface area (Å²) in [6, 6.07) is 8.11. The van der Waals surface area contributed by atoms with Crippen LogP contribution >= 0.6 is 22.9 Å². The highest BCUT2D eigenvalue weighted by molar-refractivity contribution is 7.13. The van der Waals surface area contributed by atoms with E-state index in [9.17, 15) is 0 Å². The van der Waals surface area contributed by atoms with Gasteiger partial charge < -0.3 is 4.74 Å². The summed E-state index contributed by atoms with van der Waals surface area (Å²) in [5.74, 6) is 0.957. The van der Waals surface area contributed by atoms with Crippen molar-refractivity contribution in [3.8, 4) is 16.2 Å². The molecule has 94 valence electrons. The number of benzene rings is 1. The van der Waals surface area contributed by atoms with E-state index in [1.165, 1.54) is 10.4 Å². The molecule has 18 heavy (non-hydrogen) atoms. The maximum Gasteiger partial charge on any atom is 0.162 e. The predicted octanol–water partition coefficient (Wildman–Crippen LogP) is 3.94. The summed E-state index contributed by atoms with van der Waals surface area (Å²) in [4.78, 5) is 1.19. The Balaban J connectivity index is 2.14. The number of rotatable bonds is 2. The van der Waals surface area contributed by atoms with E-state index in [1.54, 1.807) is 11.3 Å². The third-order valence-electron chi connectivity index (χ3n) is 3.30. The Morgan fingerprint density at radius 1 is 1.44 bits per heavy atom. The molecule has 1 aromatic carbocycles. The van der Waals surface area contributed by atoms with Crippen molar-refractivity contribution in [2.24, 2.45) is 0 Å². The van der Waals surface area contributed by atoms with Gasteiger partial charge in [-0.1, -0.05) is 17.7 Å². The molecule has 4 heteroatoms. The number of thiophene rings is 1. The fourth-order valence-corrected chi connectivity index (χ4v) is 3.26.